The number of hydrogen-bond acceptors (Lipinski definition) is 4. The predicted molar refractivity (Wildman–Crippen MR) is 113 cm³/mol. The Kier molecular flexibility index (Phi) is 6.52. The Morgan fingerprint density at radius 2 is 2.00 bits per heavy atom. The van der Waals surface area contributed by atoms with Crippen LogP contribution in [0.1, 0.15) is 37.3 Å². The molecule has 1 N–H and O–H groups in total. The number of fused-ring (bicyclic) bond motifs is 1. The lowest BCUT2D eigenvalue weighted by Gasteiger charge is -2.18. The molecule has 0 saturated heterocycles. The van der Waals surface area contributed by atoms with E-state index in [0.717, 1.165) is 54.3 Å². The van der Waals surface area contributed by atoms with E-state index >= 15 is 0 Å². The summed E-state index contributed by atoms with van der Waals surface area (Å²) >= 11 is 0. The maximum atomic E-state index is 12.3. The highest BCUT2D eigenvalue weighted by atomic mass is 16.5. The maximum Gasteiger partial charge on any atom is 0.224 e. The van der Waals surface area contributed by atoms with Gasteiger partial charge in [-0.05, 0) is 57.6 Å². The molecule has 0 bridgehead atoms. The van der Waals surface area contributed by atoms with Gasteiger partial charge in [0, 0.05) is 47.9 Å². The van der Waals surface area contributed by atoms with E-state index in [4.69, 9.17) is 4.52 Å². The number of hydrogen-bond donors (Lipinski definition) is 1. The number of nitrogens with zero attached hydrogens (tertiary/aromatic N) is 3. The van der Waals surface area contributed by atoms with Crippen LogP contribution in [-0.2, 0) is 17.8 Å². The number of amides is 1. The summed E-state index contributed by atoms with van der Waals surface area (Å²) in [5.41, 5.74) is 3.91. The van der Waals surface area contributed by atoms with Crippen LogP contribution >= 0.6 is 0 Å². The molecule has 2 aromatic heterocycles. The third-order valence-corrected chi connectivity index (χ3v) is 5.39. The van der Waals surface area contributed by atoms with Gasteiger partial charge >= 0.3 is 0 Å². The third-order valence-electron chi connectivity index (χ3n) is 5.39. The Balaban J connectivity index is 1.60. The minimum Gasteiger partial charge on any atom is -0.361 e. The van der Waals surface area contributed by atoms with Gasteiger partial charge in [-0.1, -0.05) is 19.0 Å². The Bertz CT molecular complexity index is 918. The largest absolute Gasteiger partial charge is 0.361 e. The lowest BCUT2D eigenvalue weighted by molar-refractivity contribution is -0.116. The summed E-state index contributed by atoms with van der Waals surface area (Å²) in [5, 5.41) is 8.09. The smallest absolute Gasteiger partial charge is 0.224 e. The van der Waals surface area contributed by atoms with E-state index in [1.54, 1.807) is 0 Å². The maximum absolute atomic E-state index is 12.3. The summed E-state index contributed by atoms with van der Waals surface area (Å²) in [7, 11) is 0. The van der Waals surface area contributed by atoms with Gasteiger partial charge in [-0.15, -0.1) is 0 Å². The van der Waals surface area contributed by atoms with Gasteiger partial charge in [-0.25, -0.2) is 0 Å². The fourth-order valence-electron chi connectivity index (χ4n) is 3.58. The van der Waals surface area contributed by atoms with Gasteiger partial charge in [-0.2, -0.15) is 0 Å². The monoisotopic (exact) mass is 382 g/mol. The molecular formula is C22H30N4O2. The van der Waals surface area contributed by atoms with E-state index in [1.807, 2.05) is 26.0 Å². The number of rotatable bonds is 9. The molecule has 2 heterocycles. The molecule has 0 aliphatic carbocycles. The first-order valence-electron chi connectivity index (χ1n) is 10.0. The molecule has 0 unspecified atom stereocenters. The normalized spacial score (nSPS) is 11.5. The Morgan fingerprint density at radius 1 is 1.21 bits per heavy atom. The molecule has 6 heteroatoms. The van der Waals surface area contributed by atoms with Gasteiger partial charge in [0.05, 0.1) is 5.69 Å². The van der Waals surface area contributed by atoms with Crippen LogP contribution in [0.3, 0.4) is 0 Å². The SMILES string of the molecule is CCN(CC)CCn1ccc2cc(NC(=O)CCc3c(C)noc3C)ccc21. The fourth-order valence-corrected chi connectivity index (χ4v) is 3.58. The van der Waals surface area contributed by atoms with E-state index in [0.29, 0.717) is 12.8 Å². The first-order chi connectivity index (χ1) is 13.5. The van der Waals surface area contributed by atoms with Gasteiger partial charge in [0.1, 0.15) is 5.76 Å². The molecule has 6 nitrogen and oxygen atoms in total. The quantitative estimate of drug-likeness (QED) is 0.604. The average Bonchev–Trinajstić information content (AvgIpc) is 3.23. The highest BCUT2D eigenvalue weighted by Gasteiger charge is 2.12. The molecule has 0 atom stereocenters. The van der Waals surface area contributed by atoms with Crippen LogP contribution in [0, 0.1) is 13.8 Å². The molecule has 1 aromatic carbocycles. The molecule has 3 aromatic rings. The summed E-state index contributed by atoms with van der Waals surface area (Å²) in [6, 6.07) is 8.21. The van der Waals surface area contributed by atoms with Crippen LogP contribution < -0.4 is 5.32 Å². The molecule has 0 spiro atoms. The Labute approximate surface area is 166 Å². The van der Waals surface area contributed by atoms with Crippen molar-refractivity contribution in [2.24, 2.45) is 0 Å². The number of carbonyl (C=O) groups excluding carboxylic acids is 1. The number of likely N-dealkylation sites (N-methyl/N-ethyl adjacent to an activating group) is 1. The summed E-state index contributed by atoms with van der Waals surface area (Å²) in [4.78, 5) is 14.8. The van der Waals surface area contributed by atoms with Gasteiger partial charge in [0.25, 0.3) is 0 Å². The Morgan fingerprint density at radius 3 is 2.68 bits per heavy atom. The molecule has 0 aliphatic heterocycles. The van der Waals surface area contributed by atoms with Crippen LogP contribution in [-0.4, -0.2) is 40.2 Å². The number of aryl methyl sites for hydroxylation is 2. The third kappa shape index (κ3) is 4.62. The lowest BCUT2D eigenvalue weighted by Crippen LogP contribution is -2.26. The van der Waals surface area contributed by atoms with Gasteiger partial charge in [0.15, 0.2) is 0 Å². The Hall–Kier alpha value is -2.60. The first kappa shape index (κ1) is 20.1. The summed E-state index contributed by atoms with van der Waals surface area (Å²) < 4.78 is 7.43. The number of carbonyl (C=O) groups is 1. The van der Waals surface area contributed by atoms with Crippen molar-refractivity contribution in [3.05, 3.63) is 47.5 Å². The second-order valence-electron chi connectivity index (χ2n) is 7.16. The fraction of sp³-hybridized carbons (Fsp3) is 0.455. The van der Waals surface area contributed by atoms with E-state index in [1.165, 1.54) is 5.52 Å². The zero-order chi connectivity index (χ0) is 20.1. The number of anilines is 1. The van der Waals surface area contributed by atoms with Crippen LogP contribution in [0.25, 0.3) is 10.9 Å². The number of benzene rings is 1. The zero-order valence-electron chi connectivity index (χ0n) is 17.3. The molecule has 0 aliphatic rings. The minimum absolute atomic E-state index is 0.000293. The molecule has 0 fully saturated rings. The molecule has 0 radical (unpaired) electrons. The van der Waals surface area contributed by atoms with Crippen molar-refractivity contribution >= 4 is 22.5 Å². The van der Waals surface area contributed by atoms with E-state index in [9.17, 15) is 4.79 Å². The zero-order valence-corrected chi connectivity index (χ0v) is 17.3. The number of nitrogens with one attached hydrogen (secondary N) is 1. The average molecular weight is 383 g/mol. The summed E-state index contributed by atoms with van der Waals surface area (Å²) in [5.74, 6) is 0.790. The second kappa shape index (κ2) is 9.06. The lowest BCUT2D eigenvalue weighted by atomic mass is 10.1. The second-order valence-corrected chi connectivity index (χ2v) is 7.16. The van der Waals surface area contributed by atoms with E-state index in [2.05, 4.69) is 52.1 Å². The number of aromatic nitrogens is 2. The van der Waals surface area contributed by atoms with Crippen molar-refractivity contribution in [3.63, 3.8) is 0 Å². The van der Waals surface area contributed by atoms with Gasteiger partial charge in [-0.3, -0.25) is 4.79 Å². The van der Waals surface area contributed by atoms with E-state index < -0.39 is 0 Å². The molecular weight excluding hydrogens is 352 g/mol. The van der Waals surface area contributed by atoms with Crippen molar-refractivity contribution in [1.82, 2.24) is 14.6 Å². The van der Waals surface area contributed by atoms with Crippen molar-refractivity contribution in [3.8, 4) is 0 Å². The van der Waals surface area contributed by atoms with Crippen molar-refractivity contribution in [2.75, 3.05) is 25.0 Å². The molecule has 1 amide bonds. The van der Waals surface area contributed by atoms with Crippen molar-refractivity contribution in [2.45, 2.75) is 47.1 Å². The van der Waals surface area contributed by atoms with Gasteiger partial charge < -0.3 is 19.3 Å². The summed E-state index contributed by atoms with van der Waals surface area (Å²) in [6.45, 7) is 12.3. The first-order valence-corrected chi connectivity index (χ1v) is 10.0. The molecule has 0 saturated carbocycles. The molecule has 28 heavy (non-hydrogen) atoms. The summed E-state index contributed by atoms with van der Waals surface area (Å²) in [6.07, 6.45) is 3.17. The highest BCUT2D eigenvalue weighted by Crippen LogP contribution is 2.21. The highest BCUT2D eigenvalue weighted by molar-refractivity contribution is 5.94. The van der Waals surface area contributed by atoms with Crippen LogP contribution in [0.4, 0.5) is 5.69 Å². The van der Waals surface area contributed by atoms with Crippen LogP contribution in [0.2, 0.25) is 0 Å². The topological polar surface area (TPSA) is 63.3 Å². The molecule has 150 valence electrons. The van der Waals surface area contributed by atoms with Gasteiger partial charge in [0.2, 0.25) is 5.91 Å². The van der Waals surface area contributed by atoms with Crippen LogP contribution in [0.5, 0.6) is 0 Å². The molecule has 3 rings (SSSR count). The minimum atomic E-state index is 0.000293. The standard InChI is InChI=1S/C22H30N4O2/c1-5-25(6-2)13-14-26-12-11-18-15-19(7-9-21(18)26)23-22(27)10-8-20-16(3)24-28-17(20)4/h7,9,11-12,15H,5-6,8,10,13-14H2,1-4H3,(H,23,27). The van der Waals surface area contributed by atoms with E-state index in [-0.39, 0.29) is 5.91 Å². The predicted octanol–water partition coefficient (Wildman–Crippen LogP) is 4.16. The van der Waals surface area contributed by atoms with Crippen molar-refractivity contribution < 1.29 is 9.32 Å². The van der Waals surface area contributed by atoms with Crippen LogP contribution in [0.15, 0.2) is 35.0 Å². The van der Waals surface area contributed by atoms with Crippen molar-refractivity contribution in [1.29, 1.82) is 0 Å².